The molecule has 9 nitrogen and oxygen atoms in total. The van der Waals surface area contributed by atoms with E-state index in [1.807, 2.05) is 13.8 Å². The quantitative estimate of drug-likeness (QED) is 0.536. The van der Waals surface area contributed by atoms with E-state index in [-0.39, 0.29) is 12.2 Å². The van der Waals surface area contributed by atoms with Crippen LogP contribution in [0.2, 0.25) is 0 Å². The van der Waals surface area contributed by atoms with E-state index in [0.29, 0.717) is 21.6 Å². The Morgan fingerprint density at radius 2 is 2.04 bits per heavy atom. The standard InChI is InChI=1S/C17H14N6O3S/c1-9-10(2)27-16-14(9)15(24)19-13(20-16)7-26-17(25)11-3-5-12(6-4-11)23-8-18-21-22-23/h3-6,8H,7H2,1-2H3,(H,19,20,24). The highest BCUT2D eigenvalue weighted by atomic mass is 32.1. The van der Waals surface area contributed by atoms with Crippen molar-refractivity contribution in [3.63, 3.8) is 0 Å². The number of carbonyl (C=O) groups is 1. The lowest BCUT2D eigenvalue weighted by Gasteiger charge is -2.05. The maximum atomic E-state index is 12.3. The van der Waals surface area contributed by atoms with Crippen LogP contribution in [-0.4, -0.2) is 36.1 Å². The number of hydrogen-bond donors (Lipinski definition) is 1. The van der Waals surface area contributed by atoms with Gasteiger partial charge < -0.3 is 9.72 Å². The lowest BCUT2D eigenvalue weighted by Crippen LogP contribution is -2.14. The number of aromatic amines is 1. The molecule has 0 unspecified atom stereocenters. The topological polar surface area (TPSA) is 116 Å². The van der Waals surface area contributed by atoms with Crippen molar-refractivity contribution in [3.8, 4) is 5.69 Å². The van der Waals surface area contributed by atoms with Gasteiger partial charge in [-0.1, -0.05) is 0 Å². The molecule has 0 saturated carbocycles. The van der Waals surface area contributed by atoms with Crippen LogP contribution in [0.4, 0.5) is 0 Å². The Bertz CT molecular complexity index is 1180. The molecule has 4 rings (SSSR count). The lowest BCUT2D eigenvalue weighted by atomic mass is 10.2. The zero-order valence-corrected chi connectivity index (χ0v) is 15.3. The summed E-state index contributed by atoms with van der Waals surface area (Å²) in [7, 11) is 0. The number of aromatic nitrogens is 6. The lowest BCUT2D eigenvalue weighted by molar-refractivity contribution is 0.0462. The Hall–Kier alpha value is -3.40. The van der Waals surface area contributed by atoms with Crippen molar-refractivity contribution < 1.29 is 9.53 Å². The van der Waals surface area contributed by atoms with Crippen LogP contribution >= 0.6 is 11.3 Å². The minimum atomic E-state index is -0.514. The molecule has 3 heterocycles. The average molecular weight is 382 g/mol. The summed E-state index contributed by atoms with van der Waals surface area (Å²) in [6.07, 6.45) is 1.46. The van der Waals surface area contributed by atoms with Crippen molar-refractivity contribution in [2.24, 2.45) is 0 Å². The SMILES string of the molecule is Cc1sc2nc(COC(=O)c3ccc(-n4cnnn4)cc3)[nH]c(=O)c2c1C. The molecule has 0 atom stereocenters. The average Bonchev–Trinajstić information content (AvgIpc) is 3.29. The molecule has 1 N–H and O–H groups in total. The van der Waals surface area contributed by atoms with Crippen LogP contribution in [0.1, 0.15) is 26.6 Å². The molecular formula is C17H14N6O3S. The second-order valence-electron chi connectivity index (χ2n) is 5.85. The van der Waals surface area contributed by atoms with Gasteiger partial charge in [0.25, 0.3) is 5.56 Å². The van der Waals surface area contributed by atoms with Crippen LogP contribution in [0.15, 0.2) is 35.4 Å². The van der Waals surface area contributed by atoms with E-state index < -0.39 is 5.97 Å². The number of benzene rings is 1. The molecule has 0 aliphatic heterocycles. The summed E-state index contributed by atoms with van der Waals surface area (Å²) in [6.45, 7) is 3.72. The molecule has 3 aromatic heterocycles. The molecule has 4 aromatic rings. The zero-order chi connectivity index (χ0) is 19.0. The third-order valence-electron chi connectivity index (χ3n) is 4.14. The van der Waals surface area contributed by atoms with E-state index in [1.54, 1.807) is 24.3 Å². The summed E-state index contributed by atoms with van der Waals surface area (Å²) < 4.78 is 6.75. The van der Waals surface area contributed by atoms with E-state index in [2.05, 4.69) is 25.5 Å². The number of ether oxygens (including phenoxy) is 1. The fourth-order valence-corrected chi connectivity index (χ4v) is 3.66. The number of tetrazole rings is 1. The maximum absolute atomic E-state index is 12.3. The smallest absolute Gasteiger partial charge is 0.338 e. The van der Waals surface area contributed by atoms with Gasteiger partial charge in [0.15, 0.2) is 0 Å². The van der Waals surface area contributed by atoms with Gasteiger partial charge in [0.1, 0.15) is 23.6 Å². The Kier molecular flexibility index (Phi) is 4.24. The summed E-state index contributed by atoms with van der Waals surface area (Å²) in [4.78, 5) is 33.2. The molecule has 0 fully saturated rings. The molecule has 0 amide bonds. The minimum Gasteiger partial charge on any atom is -0.454 e. The number of aryl methyl sites for hydroxylation is 2. The fraction of sp³-hybridized carbons (Fsp3) is 0.176. The fourth-order valence-electron chi connectivity index (χ4n) is 2.61. The maximum Gasteiger partial charge on any atom is 0.338 e. The van der Waals surface area contributed by atoms with Crippen LogP contribution in [-0.2, 0) is 11.3 Å². The number of H-pyrrole nitrogens is 1. The van der Waals surface area contributed by atoms with E-state index >= 15 is 0 Å². The first-order valence-electron chi connectivity index (χ1n) is 8.02. The highest BCUT2D eigenvalue weighted by Crippen LogP contribution is 2.25. The Morgan fingerprint density at radius 3 is 2.74 bits per heavy atom. The predicted octanol–water partition coefficient (Wildman–Crippen LogP) is 1.93. The third kappa shape index (κ3) is 3.22. The number of hydrogen-bond acceptors (Lipinski definition) is 8. The van der Waals surface area contributed by atoms with Crippen molar-refractivity contribution in [1.82, 2.24) is 30.2 Å². The second kappa shape index (κ2) is 6.72. The molecule has 10 heteroatoms. The van der Waals surface area contributed by atoms with Crippen molar-refractivity contribution in [3.05, 3.63) is 62.8 Å². The van der Waals surface area contributed by atoms with E-state index in [4.69, 9.17) is 4.74 Å². The Balaban J connectivity index is 1.49. The Morgan fingerprint density at radius 1 is 1.26 bits per heavy atom. The number of esters is 1. The van der Waals surface area contributed by atoms with Crippen LogP contribution in [0.5, 0.6) is 0 Å². The number of nitrogens with one attached hydrogen (secondary N) is 1. The summed E-state index contributed by atoms with van der Waals surface area (Å²) in [6, 6.07) is 6.64. The number of nitrogens with zero attached hydrogens (tertiary/aromatic N) is 5. The van der Waals surface area contributed by atoms with Crippen molar-refractivity contribution in [2.75, 3.05) is 0 Å². The van der Waals surface area contributed by atoms with E-state index in [9.17, 15) is 9.59 Å². The first kappa shape index (κ1) is 17.0. The highest BCUT2D eigenvalue weighted by Gasteiger charge is 2.13. The van der Waals surface area contributed by atoms with Gasteiger partial charge in [-0.05, 0) is 54.1 Å². The van der Waals surface area contributed by atoms with E-state index in [0.717, 1.165) is 16.1 Å². The summed E-state index contributed by atoms with van der Waals surface area (Å²) in [5.41, 5.74) is 1.79. The molecule has 0 aliphatic carbocycles. The third-order valence-corrected chi connectivity index (χ3v) is 5.25. The van der Waals surface area contributed by atoms with Crippen molar-refractivity contribution in [2.45, 2.75) is 20.5 Å². The summed E-state index contributed by atoms with van der Waals surface area (Å²) >= 11 is 1.45. The van der Waals surface area contributed by atoms with Gasteiger partial charge in [-0.15, -0.1) is 16.4 Å². The van der Waals surface area contributed by atoms with Crippen LogP contribution in [0, 0.1) is 13.8 Å². The molecule has 0 radical (unpaired) electrons. The summed E-state index contributed by atoms with van der Waals surface area (Å²) in [5.74, 6) is -0.202. The van der Waals surface area contributed by atoms with Gasteiger partial charge in [0.2, 0.25) is 0 Å². The van der Waals surface area contributed by atoms with Crippen LogP contribution in [0.25, 0.3) is 15.9 Å². The van der Waals surface area contributed by atoms with Crippen LogP contribution in [0.3, 0.4) is 0 Å². The second-order valence-corrected chi connectivity index (χ2v) is 7.06. The normalized spacial score (nSPS) is 11.0. The highest BCUT2D eigenvalue weighted by molar-refractivity contribution is 7.18. The number of rotatable bonds is 4. The van der Waals surface area contributed by atoms with Gasteiger partial charge in [-0.25, -0.2) is 14.5 Å². The molecule has 0 saturated heterocycles. The zero-order valence-electron chi connectivity index (χ0n) is 14.5. The van der Waals surface area contributed by atoms with Crippen LogP contribution < -0.4 is 5.56 Å². The van der Waals surface area contributed by atoms with Crippen molar-refractivity contribution >= 4 is 27.5 Å². The molecule has 27 heavy (non-hydrogen) atoms. The first-order chi connectivity index (χ1) is 13.0. The minimum absolute atomic E-state index is 0.116. The molecular weight excluding hydrogens is 368 g/mol. The van der Waals surface area contributed by atoms with E-state index in [1.165, 1.54) is 22.3 Å². The molecule has 0 spiro atoms. The largest absolute Gasteiger partial charge is 0.454 e. The van der Waals surface area contributed by atoms with Gasteiger partial charge in [-0.2, -0.15) is 0 Å². The number of thiophene rings is 1. The molecule has 136 valence electrons. The Labute approximate surface area is 156 Å². The number of fused-ring (bicyclic) bond motifs is 1. The molecule has 0 bridgehead atoms. The van der Waals surface area contributed by atoms with Gasteiger partial charge in [0.05, 0.1) is 16.6 Å². The monoisotopic (exact) mass is 382 g/mol. The molecule has 0 aliphatic rings. The molecule has 1 aromatic carbocycles. The van der Waals surface area contributed by atoms with Crippen molar-refractivity contribution in [1.29, 1.82) is 0 Å². The first-order valence-corrected chi connectivity index (χ1v) is 8.84. The summed E-state index contributed by atoms with van der Waals surface area (Å²) in [5, 5.41) is 11.5. The van der Waals surface area contributed by atoms with Gasteiger partial charge in [-0.3, -0.25) is 4.79 Å². The predicted molar refractivity (Wildman–Crippen MR) is 98.0 cm³/mol. The van der Waals surface area contributed by atoms with Gasteiger partial charge in [0, 0.05) is 4.88 Å². The number of carbonyl (C=O) groups excluding carboxylic acids is 1. The van der Waals surface area contributed by atoms with Gasteiger partial charge >= 0.3 is 5.97 Å².